The maximum Gasteiger partial charge on any atom is 0.326 e. The van der Waals surface area contributed by atoms with E-state index < -0.39 is 30.1 Å². The highest BCUT2D eigenvalue weighted by atomic mass is 32.2. The molecule has 2 aliphatic heterocycles. The number of carboxylic acids is 1. The average molecular weight is 435 g/mol. The third-order valence-corrected chi connectivity index (χ3v) is 7.44. The van der Waals surface area contributed by atoms with Crippen LogP contribution < -0.4 is 5.32 Å². The molecule has 1 aromatic rings. The number of carboxylic acid groups (broad SMARTS) is 1. The van der Waals surface area contributed by atoms with Crippen LogP contribution in [0, 0.1) is 5.41 Å². The van der Waals surface area contributed by atoms with E-state index in [0.29, 0.717) is 25.8 Å². The third-order valence-electron chi connectivity index (χ3n) is 6.13. The molecule has 2 heterocycles. The summed E-state index contributed by atoms with van der Waals surface area (Å²) in [6.45, 7) is 2.16. The summed E-state index contributed by atoms with van der Waals surface area (Å²) in [5.41, 5.74) is 0.997. The van der Waals surface area contributed by atoms with Crippen LogP contribution in [0.4, 0.5) is 0 Å². The maximum atomic E-state index is 13.2. The maximum absolute atomic E-state index is 13.2. The highest BCUT2D eigenvalue weighted by molar-refractivity contribution is 7.99. The minimum Gasteiger partial charge on any atom is -0.480 e. The van der Waals surface area contributed by atoms with Crippen molar-refractivity contribution in [3.8, 4) is 0 Å². The number of nitrogens with one attached hydrogen (secondary N) is 1. The largest absolute Gasteiger partial charge is 0.480 e. The van der Waals surface area contributed by atoms with Gasteiger partial charge in [0.05, 0.1) is 13.2 Å². The number of ether oxygens (including phenoxy) is 1. The number of thioether (sulfide) groups is 1. The Bertz CT molecular complexity index is 766. The monoisotopic (exact) mass is 434 g/mol. The summed E-state index contributed by atoms with van der Waals surface area (Å²) in [5, 5.41) is 12.8. The Hall–Kier alpha value is -2.06. The molecule has 1 amide bonds. The SMILES string of the molecule is COC(=O)C(CCc1ccccc1)N[C@@H](C)C(=O)N1CC2(CCSC2)CC1C(=O)O. The fourth-order valence-corrected chi connectivity index (χ4v) is 5.94. The summed E-state index contributed by atoms with van der Waals surface area (Å²) >= 11 is 1.82. The fraction of sp³-hybridized carbons (Fsp3) is 0.591. The molecule has 4 atom stereocenters. The van der Waals surface area contributed by atoms with Gasteiger partial charge in [-0.25, -0.2) is 4.79 Å². The molecule has 0 saturated carbocycles. The number of carbonyl (C=O) groups is 3. The van der Waals surface area contributed by atoms with E-state index in [1.54, 1.807) is 6.92 Å². The first kappa shape index (κ1) is 22.6. The molecule has 8 heteroatoms. The van der Waals surface area contributed by atoms with Crippen molar-refractivity contribution in [3.63, 3.8) is 0 Å². The first-order valence-corrected chi connectivity index (χ1v) is 11.5. The van der Waals surface area contributed by atoms with E-state index in [1.807, 2.05) is 42.1 Å². The number of carbonyl (C=O) groups excluding carboxylic acids is 2. The van der Waals surface area contributed by atoms with Gasteiger partial charge in [0.1, 0.15) is 12.1 Å². The summed E-state index contributed by atoms with van der Waals surface area (Å²) in [4.78, 5) is 38.8. The zero-order chi connectivity index (χ0) is 21.7. The van der Waals surface area contributed by atoms with Crippen molar-refractivity contribution in [1.82, 2.24) is 10.2 Å². The summed E-state index contributed by atoms with van der Waals surface area (Å²) in [5.74, 6) is 0.240. The molecule has 2 fully saturated rings. The van der Waals surface area contributed by atoms with Crippen molar-refractivity contribution in [1.29, 1.82) is 0 Å². The van der Waals surface area contributed by atoms with Crippen LogP contribution in [0.1, 0.15) is 31.7 Å². The lowest BCUT2D eigenvalue weighted by Crippen LogP contribution is -2.53. The summed E-state index contributed by atoms with van der Waals surface area (Å²) in [6.07, 6.45) is 2.59. The number of nitrogens with zero attached hydrogens (tertiary/aromatic N) is 1. The molecule has 3 rings (SSSR count). The van der Waals surface area contributed by atoms with E-state index in [4.69, 9.17) is 4.74 Å². The molecule has 2 aliphatic rings. The zero-order valence-electron chi connectivity index (χ0n) is 17.5. The third kappa shape index (κ3) is 5.16. The van der Waals surface area contributed by atoms with Gasteiger partial charge in [-0.15, -0.1) is 0 Å². The van der Waals surface area contributed by atoms with Gasteiger partial charge in [0.2, 0.25) is 5.91 Å². The molecule has 7 nitrogen and oxygen atoms in total. The zero-order valence-corrected chi connectivity index (χ0v) is 18.3. The second kappa shape index (κ2) is 9.83. The molecule has 0 radical (unpaired) electrons. The Balaban J connectivity index is 1.66. The lowest BCUT2D eigenvalue weighted by Gasteiger charge is -2.28. The van der Waals surface area contributed by atoms with Crippen molar-refractivity contribution in [2.75, 3.05) is 25.2 Å². The van der Waals surface area contributed by atoms with E-state index in [2.05, 4.69) is 5.32 Å². The van der Waals surface area contributed by atoms with Gasteiger partial charge < -0.3 is 14.7 Å². The quantitative estimate of drug-likeness (QED) is 0.604. The lowest BCUT2D eigenvalue weighted by atomic mass is 9.85. The van der Waals surface area contributed by atoms with Crippen molar-refractivity contribution in [2.24, 2.45) is 5.41 Å². The van der Waals surface area contributed by atoms with E-state index in [1.165, 1.54) is 12.0 Å². The summed E-state index contributed by atoms with van der Waals surface area (Å²) < 4.78 is 4.92. The molecule has 164 valence electrons. The molecule has 30 heavy (non-hydrogen) atoms. The van der Waals surface area contributed by atoms with E-state index >= 15 is 0 Å². The van der Waals surface area contributed by atoms with Crippen LogP contribution in [-0.4, -0.2) is 71.1 Å². The molecule has 0 aliphatic carbocycles. The van der Waals surface area contributed by atoms with Gasteiger partial charge in [-0.3, -0.25) is 14.9 Å². The van der Waals surface area contributed by atoms with Crippen LogP contribution >= 0.6 is 11.8 Å². The van der Waals surface area contributed by atoms with Crippen molar-refractivity contribution in [3.05, 3.63) is 35.9 Å². The normalized spacial score (nSPS) is 25.3. The molecule has 0 bridgehead atoms. The molecule has 2 N–H and O–H groups in total. The predicted octanol–water partition coefficient (Wildman–Crippen LogP) is 1.95. The van der Waals surface area contributed by atoms with Crippen molar-refractivity contribution < 1.29 is 24.2 Å². The number of likely N-dealkylation sites (tertiary alicyclic amines) is 1. The summed E-state index contributed by atoms with van der Waals surface area (Å²) in [7, 11) is 1.33. The van der Waals surface area contributed by atoms with Gasteiger partial charge in [-0.05, 0) is 43.9 Å². The van der Waals surface area contributed by atoms with E-state index in [0.717, 1.165) is 23.5 Å². The summed E-state index contributed by atoms with van der Waals surface area (Å²) in [6, 6.07) is 7.67. The Labute approximate surface area is 181 Å². The predicted molar refractivity (Wildman–Crippen MR) is 115 cm³/mol. The number of methoxy groups -OCH3 is 1. The Morgan fingerprint density at radius 3 is 2.67 bits per heavy atom. The number of aliphatic carboxylic acids is 1. The van der Waals surface area contributed by atoms with Gasteiger partial charge >= 0.3 is 11.9 Å². The second-order valence-corrected chi connectivity index (χ2v) is 9.42. The van der Waals surface area contributed by atoms with Crippen molar-refractivity contribution >= 4 is 29.6 Å². The molecule has 0 aromatic heterocycles. The number of esters is 1. The van der Waals surface area contributed by atoms with Crippen LogP contribution in [0.5, 0.6) is 0 Å². The van der Waals surface area contributed by atoms with Gasteiger partial charge in [0.15, 0.2) is 0 Å². The van der Waals surface area contributed by atoms with Crippen LogP contribution in [0.3, 0.4) is 0 Å². The van der Waals surface area contributed by atoms with Crippen LogP contribution in [0.2, 0.25) is 0 Å². The molecule has 3 unspecified atom stereocenters. The van der Waals surface area contributed by atoms with E-state index in [-0.39, 0.29) is 11.3 Å². The van der Waals surface area contributed by atoms with Gasteiger partial charge in [-0.1, -0.05) is 30.3 Å². The highest BCUT2D eigenvalue weighted by Gasteiger charge is 2.50. The number of aryl methyl sites for hydroxylation is 1. The lowest BCUT2D eigenvalue weighted by molar-refractivity contribution is -0.150. The molecule has 1 aromatic carbocycles. The van der Waals surface area contributed by atoms with E-state index in [9.17, 15) is 19.5 Å². The molecular weight excluding hydrogens is 404 g/mol. The Kier molecular flexibility index (Phi) is 7.41. The topological polar surface area (TPSA) is 95.9 Å². The Morgan fingerprint density at radius 2 is 2.07 bits per heavy atom. The average Bonchev–Trinajstić information content (AvgIpc) is 3.37. The number of amides is 1. The van der Waals surface area contributed by atoms with Crippen LogP contribution in [0.15, 0.2) is 30.3 Å². The van der Waals surface area contributed by atoms with Gasteiger partial charge in [-0.2, -0.15) is 11.8 Å². The number of hydrogen-bond donors (Lipinski definition) is 2. The molecular formula is C22H30N2O5S. The standard InChI is InChI=1S/C22H30N2O5S/c1-15(23-17(21(28)29-2)9-8-16-6-4-3-5-7-16)19(25)24-13-22(10-11-30-14-22)12-18(24)20(26)27/h3-7,15,17-18,23H,8-14H2,1-2H3,(H,26,27)/t15-,17?,18?,22?/m0/s1. The van der Waals surface area contributed by atoms with Crippen LogP contribution in [0.25, 0.3) is 0 Å². The smallest absolute Gasteiger partial charge is 0.326 e. The van der Waals surface area contributed by atoms with Gasteiger partial charge in [0.25, 0.3) is 0 Å². The second-order valence-electron chi connectivity index (χ2n) is 8.32. The first-order chi connectivity index (χ1) is 14.3. The highest BCUT2D eigenvalue weighted by Crippen LogP contribution is 2.46. The fourth-order valence-electron chi connectivity index (χ4n) is 4.43. The number of hydrogen-bond acceptors (Lipinski definition) is 6. The molecule has 2 saturated heterocycles. The molecule has 1 spiro atoms. The minimum absolute atomic E-state index is 0.0990. The number of benzene rings is 1. The first-order valence-electron chi connectivity index (χ1n) is 10.3. The number of rotatable bonds is 8. The minimum atomic E-state index is -0.960. The van der Waals surface area contributed by atoms with Crippen LogP contribution in [-0.2, 0) is 25.5 Å². The van der Waals surface area contributed by atoms with Crippen molar-refractivity contribution in [2.45, 2.75) is 50.7 Å². The van der Waals surface area contributed by atoms with Gasteiger partial charge in [0, 0.05) is 17.7 Å². The Morgan fingerprint density at radius 1 is 1.33 bits per heavy atom.